The predicted molar refractivity (Wildman–Crippen MR) is 303 cm³/mol. The molecular weight excluding hydrogens is 865 g/mol. The number of carbonyl (C=O) groups is 3. The Morgan fingerprint density at radius 3 is 0.729 bits per heavy atom. The quantitative estimate of drug-likeness (QED) is 0.0261. The van der Waals surface area contributed by atoms with Crippen LogP contribution >= 0.6 is 0 Å². The van der Waals surface area contributed by atoms with Gasteiger partial charge in [-0.25, -0.2) is 0 Å². The maximum absolute atomic E-state index is 12.8. The van der Waals surface area contributed by atoms with Crippen LogP contribution in [0.15, 0.2) is 12.2 Å². The smallest absolute Gasteiger partial charge is 0.306 e. The maximum atomic E-state index is 12.8. The number of rotatable bonds is 59. The Labute approximate surface area is 437 Å². The van der Waals surface area contributed by atoms with Crippen molar-refractivity contribution in [2.24, 2.45) is 0 Å². The van der Waals surface area contributed by atoms with E-state index in [0.717, 1.165) is 64.2 Å². The molecular formula is C64H122O6. The second kappa shape index (κ2) is 59.7. The lowest BCUT2D eigenvalue weighted by molar-refractivity contribution is -0.167. The van der Waals surface area contributed by atoms with Crippen LogP contribution in [0.3, 0.4) is 0 Å². The molecule has 1 atom stereocenters. The minimum atomic E-state index is -0.768. The molecule has 0 rings (SSSR count). The standard InChI is InChI=1S/C64H122O6/c1-4-7-10-13-16-19-22-24-25-26-27-28-29-30-31-32-33-34-35-36-37-38-40-42-45-48-51-54-57-63(66)69-60-61(59-68-62(65)56-53-50-47-44-41-21-18-15-12-9-6-3)70-64(67)58-55-52-49-46-43-39-23-20-17-14-11-8-5-2/h20,23,61H,4-19,21-22,24-60H2,1-3H3/b23-20-. The zero-order chi connectivity index (χ0) is 50.7. The van der Waals surface area contributed by atoms with Gasteiger partial charge in [0.2, 0.25) is 0 Å². The molecule has 1 unspecified atom stereocenters. The van der Waals surface area contributed by atoms with Crippen molar-refractivity contribution in [2.45, 2.75) is 367 Å². The number of carbonyl (C=O) groups excluding carboxylic acids is 3. The van der Waals surface area contributed by atoms with Gasteiger partial charge in [0, 0.05) is 19.3 Å². The third-order valence-corrected chi connectivity index (χ3v) is 14.5. The zero-order valence-corrected chi connectivity index (χ0v) is 47.6. The molecule has 0 saturated carbocycles. The molecule has 0 fully saturated rings. The predicted octanol–water partition coefficient (Wildman–Crippen LogP) is 21.3. The first-order chi connectivity index (χ1) is 34.5. The van der Waals surface area contributed by atoms with Crippen molar-refractivity contribution in [3.05, 3.63) is 12.2 Å². The minimum absolute atomic E-state index is 0.0675. The highest BCUT2D eigenvalue weighted by Gasteiger charge is 2.19. The Morgan fingerprint density at radius 1 is 0.271 bits per heavy atom. The van der Waals surface area contributed by atoms with Crippen LogP contribution in [0.2, 0.25) is 0 Å². The number of allylic oxidation sites excluding steroid dienone is 2. The normalized spacial score (nSPS) is 12.0. The summed E-state index contributed by atoms with van der Waals surface area (Å²) in [5.41, 5.74) is 0. The molecule has 0 aliphatic heterocycles. The average molecular weight is 988 g/mol. The first kappa shape index (κ1) is 68.2. The fraction of sp³-hybridized carbons (Fsp3) is 0.922. The van der Waals surface area contributed by atoms with E-state index in [-0.39, 0.29) is 31.1 Å². The lowest BCUT2D eigenvalue weighted by atomic mass is 10.0. The molecule has 0 aliphatic carbocycles. The molecule has 0 N–H and O–H groups in total. The number of ether oxygens (including phenoxy) is 3. The molecule has 6 heteroatoms. The SMILES string of the molecule is CCCCCC/C=C\CCCCCCCC(=O)OC(COC(=O)CCCCCCCCCCCCC)COC(=O)CCCCCCCCCCCCCCCCCCCCCCCCCCCCCC. The lowest BCUT2D eigenvalue weighted by Gasteiger charge is -2.18. The largest absolute Gasteiger partial charge is 0.462 e. The summed E-state index contributed by atoms with van der Waals surface area (Å²) >= 11 is 0. The Morgan fingerprint density at radius 2 is 0.471 bits per heavy atom. The van der Waals surface area contributed by atoms with Crippen molar-refractivity contribution in [3.8, 4) is 0 Å². The number of esters is 3. The average Bonchev–Trinajstić information content (AvgIpc) is 3.36. The van der Waals surface area contributed by atoms with Crippen LogP contribution < -0.4 is 0 Å². The maximum Gasteiger partial charge on any atom is 0.306 e. The first-order valence-electron chi connectivity index (χ1n) is 31.7. The van der Waals surface area contributed by atoms with Gasteiger partial charge < -0.3 is 14.2 Å². The summed E-state index contributed by atoms with van der Waals surface area (Å²) in [5.74, 6) is -0.853. The number of hydrogen-bond acceptors (Lipinski definition) is 6. The summed E-state index contributed by atoms with van der Waals surface area (Å²) in [6.07, 6.45) is 69.5. The van der Waals surface area contributed by atoms with E-state index in [4.69, 9.17) is 14.2 Å². The monoisotopic (exact) mass is 987 g/mol. The topological polar surface area (TPSA) is 78.9 Å². The van der Waals surface area contributed by atoms with Gasteiger partial charge in [-0.05, 0) is 44.9 Å². The van der Waals surface area contributed by atoms with E-state index in [2.05, 4.69) is 32.9 Å². The van der Waals surface area contributed by atoms with Crippen LogP contribution in [-0.4, -0.2) is 37.2 Å². The Kier molecular flexibility index (Phi) is 58.1. The summed E-state index contributed by atoms with van der Waals surface area (Å²) in [4.78, 5) is 38.1. The highest BCUT2D eigenvalue weighted by atomic mass is 16.6. The van der Waals surface area contributed by atoms with Crippen LogP contribution in [0.1, 0.15) is 361 Å². The molecule has 0 aromatic carbocycles. The van der Waals surface area contributed by atoms with E-state index in [1.54, 1.807) is 0 Å². The molecule has 0 radical (unpaired) electrons. The molecule has 70 heavy (non-hydrogen) atoms. The van der Waals surface area contributed by atoms with Gasteiger partial charge in [0.25, 0.3) is 0 Å². The van der Waals surface area contributed by atoms with Gasteiger partial charge in [0.05, 0.1) is 0 Å². The van der Waals surface area contributed by atoms with E-state index in [9.17, 15) is 14.4 Å². The summed E-state index contributed by atoms with van der Waals surface area (Å²) < 4.78 is 16.9. The summed E-state index contributed by atoms with van der Waals surface area (Å²) in [6, 6.07) is 0. The van der Waals surface area contributed by atoms with Crippen LogP contribution in [0.5, 0.6) is 0 Å². The first-order valence-corrected chi connectivity index (χ1v) is 31.7. The fourth-order valence-electron chi connectivity index (χ4n) is 9.74. The van der Waals surface area contributed by atoms with Crippen molar-refractivity contribution < 1.29 is 28.6 Å². The Balaban J connectivity index is 4.08. The van der Waals surface area contributed by atoms with Gasteiger partial charge >= 0.3 is 17.9 Å². The fourth-order valence-corrected chi connectivity index (χ4v) is 9.74. The Hall–Kier alpha value is -1.85. The van der Waals surface area contributed by atoms with Gasteiger partial charge in [0.15, 0.2) is 6.10 Å². The van der Waals surface area contributed by atoms with Crippen molar-refractivity contribution >= 4 is 17.9 Å². The molecule has 0 bridgehead atoms. The Bertz CT molecular complexity index is 1090. The highest BCUT2D eigenvalue weighted by molar-refractivity contribution is 5.71. The van der Waals surface area contributed by atoms with E-state index in [1.165, 1.54) is 257 Å². The third-order valence-electron chi connectivity index (χ3n) is 14.5. The van der Waals surface area contributed by atoms with Crippen molar-refractivity contribution in [1.29, 1.82) is 0 Å². The van der Waals surface area contributed by atoms with E-state index in [0.29, 0.717) is 19.3 Å². The van der Waals surface area contributed by atoms with Crippen LogP contribution in [-0.2, 0) is 28.6 Å². The molecule has 414 valence electrons. The van der Waals surface area contributed by atoms with Gasteiger partial charge in [-0.15, -0.1) is 0 Å². The second-order valence-corrected chi connectivity index (χ2v) is 21.7. The third kappa shape index (κ3) is 57.1. The van der Waals surface area contributed by atoms with E-state index < -0.39 is 6.10 Å². The molecule has 0 aliphatic rings. The molecule has 0 heterocycles. The molecule has 6 nitrogen and oxygen atoms in total. The van der Waals surface area contributed by atoms with Crippen molar-refractivity contribution in [1.82, 2.24) is 0 Å². The molecule has 0 amide bonds. The van der Waals surface area contributed by atoms with Crippen LogP contribution in [0.4, 0.5) is 0 Å². The van der Waals surface area contributed by atoms with Gasteiger partial charge in [0.1, 0.15) is 13.2 Å². The van der Waals surface area contributed by atoms with Gasteiger partial charge in [-0.1, -0.05) is 309 Å². The minimum Gasteiger partial charge on any atom is -0.462 e. The van der Waals surface area contributed by atoms with Gasteiger partial charge in [-0.3, -0.25) is 14.4 Å². The summed E-state index contributed by atoms with van der Waals surface area (Å²) in [6.45, 7) is 6.67. The molecule has 0 aromatic rings. The second-order valence-electron chi connectivity index (χ2n) is 21.7. The lowest BCUT2D eigenvalue weighted by Crippen LogP contribution is -2.30. The number of unbranched alkanes of at least 4 members (excludes halogenated alkanes) is 46. The zero-order valence-electron chi connectivity index (χ0n) is 47.6. The van der Waals surface area contributed by atoms with Crippen LogP contribution in [0.25, 0.3) is 0 Å². The van der Waals surface area contributed by atoms with Crippen LogP contribution in [0, 0.1) is 0 Å². The van der Waals surface area contributed by atoms with Crippen molar-refractivity contribution in [3.63, 3.8) is 0 Å². The molecule has 0 spiro atoms. The van der Waals surface area contributed by atoms with E-state index >= 15 is 0 Å². The molecule has 0 saturated heterocycles. The number of hydrogen-bond donors (Lipinski definition) is 0. The van der Waals surface area contributed by atoms with Crippen molar-refractivity contribution in [2.75, 3.05) is 13.2 Å². The van der Waals surface area contributed by atoms with Gasteiger partial charge in [-0.2, -0.15) is 0 Å². The summed E-state index contributed by atoms with van der Waals surface area (Å²) in [5, 5.41) is 0. The summed E-state index contributed by atoms with van der Waals surface area (Å²) in [7, 11) is 0. The van der Waals surface area contributed by atoms with E-state index in [1.807, 2.05) is 0 Å². The molecule has 0 aromatic heterocycles. The highest BCUT2D eigenvalue weighted by Crippen LogP contribution is 2.18.